The smallest absolute Gasteiger partial charge is 0.391 e. The summed E-state index contributed by atoms with van der Waals surface area (Å²) in [5, 5.41) is 0. The number of amides is 2. The summed E-state index contributed by atoms with van der Waals surface area (Å²) in [5.74, 6) is -2.18. The lowest BCUT2D eigenvalue weighted by atomic mass is 9.81. The summed E-state index contributed by atoms with van der Waals surface area (Å²) in [6.45, 7) is 0.761. The normalized spacial score (nSPS) is 25.5. The molecule has 1 aromatic heterocycles. The highest BCUT2D eigenvalue weighted by Gasteiger charge is 2.44. The number of hydrogen-bond donors (Lipinski definition) is 1. The minimum Gasteiger partial charge on any atom is -0.489 e. The number of carbonyl (C=O) groups excluding carboxylic acids is 2. The molecule has 0 radical (unpaired) electrons. The fourth-order valence-corrected chi connectivity index (χ4v) is 4.08. The number of nitrogens with two attached hydrogens (primary N) is 1. The first kappa shape index (κ1) is 20.4. The molecular weight excluding hydrogens is 375 g/mol. The van der Waals surface area contributed by atoms with Gasteiger partial charge >= 0.3 is 6.18 Å². The Morgan fingerprint density at radius 1 is 1.21 bits per heavy atom. The minimum absolute atomic E-state index is 0.00652. The lowest BCUT2D eigenvalue weighted by Gasteiger charge is -2.33. The molecule has 1 atom stereocenters. The molecule has 2 N–H and O–H groups in total. The molecule has 2 aliphatic rings. The summed E-state index contributed by atoms with van der Waals surface area (Å²) in [6, 6.07) is 3.04. The van der Waals surface area contributed by atoms with Crippen molar-refractivity contribution in [3.8, 4) is 5.75 Å². The van der Waals surface area contributed by atoms with Crippen LogP contribution in [0.2, 0.25) is 0 Å². The van der Waals surface area contributed by atoms with Gasteiger partial charge in [0, 0.05) is 18.7 Å². The highest BCUT2D eigenvalue weighted by Crippen LogP contribution is 2.40. The van der Waals surface area contributed by atoms with Gasteiger partial charge in [-0.15, -0.1) is 0 Å². The highest BCUT2D eigenvalue weighted by atomic mass is 19.4. The number of carbonyl (C=O) groups is 2. The van der Waals surface area contributed by atoms with Crippen molar-refractivity contribution >= 4 is 11.8 Å². The summed E-state index contributed by atoms with van der Waals surface area (Å²) in [4.78, 5) is 29.9. The van der Waals surface area contributed by atoms with Gasteiger partial charge in [-0.3, -0.25) is 9.59 Å². The number of nitrogens with zero attached hydrogens (tertiary/aromatic N) is 2. The Balaban J connectivity index is 1.58. The number of ether oxygens (including phenoxy) is 1. The lowest BCUT2D eigenvalue weighted by molar-refractivity contribution is -0.185. The van der Waals surface area contributed by atoms with Gasteiger partial charge in [-0.05, 0) is 50.7 Å². The van der Waals surface area contributed by atoms with Crippen LogP contribution in [0, 0.1) is 11.8 Å². The van der Waals surface area contributed by atoms with E-state index in [1.165, 1.54) is 6.20 Å². The van der Waals surface area contributed by atoms with Crippen molar-refractivity contribution in [1.82, 2.24) is 9.88 Å². The molecule has 2 amide bonds. The Bertz CT molecular complexity index is 718. The molecule has 0 spiro atoms. The topological polar surface area (TPSA) is 85.5 Å². The van der Waals surface area contributed by atoms with Crippen LogP contribution < -0.4 is 10.5 Å². The van der Waals surface area contributed by atoms with Crippen LogP contribution in [0.1, 0.15) is 49.0 Å². The first-order valence-electron chi connectivity index (χ1n) is 9.52. The number of likely N-dealkylation sites (tertiary alicyclic amines) is 1. The van der Waals surface area contributed by atoms with E-state index in [0.717, 1.165) is 12.8 Å². The first-order valence-corrected chi connectivity index (χ1v) is 9.52. The molecule has 1 saturated heterocycles. The van der Waals surface area contributed by atoms with Gasteiger partial charge in [0.15, 0.2) is 11.4 Å². The molecule has 1 saturated carbocycles. The van der Waals surface area contributed by atoms with E-state index in [1.54, 1.807) is 17.0 Å². The summed E-state index contributed by atoms with van der Waals surface area (Å²) in [7, 11) is 0. The Hall–Kier alpha value is -2.32. The second kappa shape index (κ2) is 8.36. The standard InChI is InChI=1S/C19H24F3N3O3/c20-19(21,22)13-7-5-12(6-8-13)18(27)25-10-2-3-14(25)11-28-15-4-1-9-24-16(15)17(23)26/h1,4,9,12-14H,2-3,5-8,10-11H2,(H2,23,26). The van der Waals surface area contributed by atoms with Crippen LogP contribution in [0.25, 0.3) is 0 Å². The molecule has 154 valence electrons. The second-order valence-electron chi connectivity index (χ2n) is 7.44. The molecule has 2 fully saturated rings. The van der Waals surface area contributed by atoms with Crippen molar-refractivity contribution in [2.75, 3.05) is 13.2 Å². The highest BCUT2D eigenvalue weighted by molar-refractivity contribution is 5.93. The van der Waals surface area contributed by atoms with Crippen LogP contribution in [0.15, 0.2) is 18.3 Å². The van der Waals surface area contributed by atoms with Gasteiger partial charge in [0.1, 0.15) is 6.61 Å². The summed E-state index contributed by atoms with van der Waals surface area (Å²) in [6.07, 6.45) is -0.638. The predicted octanol–water partition coefficient (Wildman–Crippen LogP) is 2.92. The third kappa shape index (κ3) is 4.56. The quantitative estimate of drug-likeness (QED) is 0.825. The third-order valence-electron chi connectivity index (χ3n) is 5.63. The maximum atomic E-state index is 12.9. The SMILES string of the molecule is NC(=O)c1ncccc1OCC1CCCN1C(=O)C1CCC(C(F)(F)F)CC1. The zero-order valence-electron chi connectivity index (χ0n) is 15.5. The molecule has 9 heteroatoms. The molecule has 1 aliphatic carbocycles. The van der Waals surface area contributed by atoms with Gasteiger partial charge in [-0.2, -0.15) is 13.2 Å². The fraction of sp³-hybridized carbons (Fsp3) is 0.632. The van der Waals surface area contributed by atoms with Crippen molar-refractivity contribution in [3.05, 3.63) is 24.0 Å². The molecule has 28 heavy (non-hydrogen) atoms. The largest absolute Gasteiger partial charge is 0.489 e. The first-order chi connectivity index (χ1) is 13.3. The number of pyridine rings is 1. The van der Waals surface area contributed by atoms with E-state index in [9.17, 15) is 22.8 Å². The van der Waals surface area contributed by atoms with E-state index in [2.05, 4.69) is 4.98 Å². The molecule has 2 heterocycles. The number of alkyl halides is 3. The molecule has 0 aromatic carbocycles. The molecule has 3 rings (SSSR count). The van der Waals surface area contributed by atoms with Crippen molar-refractivity contribution in [1.29, 1.82) is 0 Å². The molecule has 1 unspecified atom stereocenters. The maximum absolute atomic E-state index is 12.9. The Morgan fingerprint density at radius 2 is 1.93 bits per heavy atom. The van der Waals surface area contributed by atoms with Gasteiger partial charge in [-0.1, -0.05) is 0 Å². The van der Waals surface area contributed by atoms with Gasteiger partial charge in [0.05, 0.1) is 12.0 Å². The van der Waals surface area contributed by atoms with Crippen LogP contribution in [0.4, 0.5) is 13.2 Å². The fourth-order valence-electron chi connectivity index (χ4n) is 4.08. The van der Waals surface area contributed by atoms with E-state index in [4.69, 9.17) is 10.5 Å². The monoisotopic (exact) mass is 399 g/mol. The Morgan fingerprint density at radius 3 is 2.57 bits per heavy atom. The maximum Gasteiger partial charge on any atom is 0.391 e. The average molecular weight is 399 g/mol. The van der Waals surface area contributed by atoms with Gasteiger partial charge in [-0.25, -0.2) is 4.98 Å². The van der Waals surface area contributed by atoms with Gasteiger partial charge < -0.3 is 15.4 Å². The molecule has 6 nitrogen and oxygen atoms in total. The molecular formula is C19H24F3N3O3. The Kier molecular flexibility index (Phi) is 6.10. The van der Waals surface area contributed by atoms with E-state index in [0.29, 0.717) is 6.54 Å². The molecule has 1 aliphatic heterocycles. The van der Waals surface area contributed by atoms with E-state index in [1.807, 2.05) is 0 Å². The number of rotatable bonds is 5. The molecule has 1 aromatic rings. The van der Waals surface area contributed by atoms with Crippen LogP contribution in [-0.2, 0) is 4.79 Å². The van der Waals surface area contributed by atoms with Crippen LogP contribution >= 0.6 is 0 Å². The van der Waals surface area contributed by atoms with Crippen LogP contribution in [0.5, 0.6) is 5.75 Å². The van der Waals surface area contributed by atoms with E-state index >= 15 is 0 Å². The zero-order valence-corrected chi connectivity index (χ0v) is 15.5. The van der Waals surface area contributed by atoms with Crippen LogP contribution in [0.3, 0.4) is 0 Å². The van der Waals surface area contributed by atoms with E-state index in [-0.39, 0.29) is 61.6 Å². The predicted molar refractivity (Wildman–Crippen MR) is 94.5 cm³/mol. The lowest BCUT2D eigenvalue weighted by Crippen LogP contribution is -2.44. The number of primary amides is 1. The van der Waals surface area contributed by atoms with Crippen molar-refractivity contribution < 1.29 is 27.5 Å². The Labute approximate surface area is 161 Å². The zero-order chi connectivity index (χ0) is 20.3. The van der Waals surface area contributed by atoms with Crippen molar-refractivity contribution in [3.63, 3.8) is 0 Å². The number of hydrogen-bond acceptors (Lipinski definition) is 4. The van der Waals surface area contributed by atoms with Crippen molar-refractivity contribution in [2.45, 2.75) is 50.7 Å². The summed E-state index contributed by atoms with van der Waals surface area (Å²) >= 11 is 0. The number of halogens is 3. The molecule has 0 bridgehead atoms. The summed E-state index contributed by atoms with van der Waals surface area (Å²) in [5.41, 5.74) is 5.32. The van der Waals surface area contributed by atoms with E-state index < -0.39 is 18.0 Å². The van der Waals surface area contributed by atoms with Crippen LogP contribution in [-0.4, -0.2) is 47.1 Å². The second-order valence-corrected chi connectivity index (χ2v) is 7.44. The minimum atomic E-state index is -4.18. The number of aromatic nitrogens is 1. The van der Waals surface area contributed by atoms with Gasteiger partial charge in [0.25, 0.3) is 5.91 Å². The average Bonchev–Trinajstić information content (AvgIpc) is 3.14. The summed E-state index contributed by atoms with van der Waals surface area (Å²) < 4.78 is 44.2. The third-order valence-corrected chi connectivity index (χ3v) is 5.63. The van der Waals surface area contributed by atoms with Crippen molar-refractivity contribution in [2.24, 2.45) is 17.6 Å². The van der Waals surface area contributed by atoms with Gasteiger partial charge in [0.2, 0.25) is 5.91 Å².